The number of aryl methyl sites for hydroxylation is 1. The second kappa shape index (κ2) is 8.79. The number of likely N-dealkylation sites (tertiary alicyclic amines) is 1. The van der Waals surface area contributed by atoms with Crippen LogP contribution in [-0.2, 0) is 0 Å². The van der Waals surface area contributed by atoms with E-state index in [1.165, 1.54) is 18.4 Å². The Kier molecular flexibility index (Phi) is 5.70. The summed E-state index contributed by atoms with van der Waals surface area (Å²) in [4.78, 5) is 15.9. The Morgan fingerprint density at radius 2 is 1.81 bits per heavy atom. The summed E-state index contributed by atoms with van der Waals surface area (Å²) in [6.45, 7) is 4.20. The molecule has 2 heterocycles. The minimum Gasteiger partial charge on any atom is -0.497 e. The zero-order valence-electron chi connectivity index (χ0n) is 18.8. The molecular weight excluding hydrogens is 400 g/mol. The number of benzene rings is 2. The third-order valence-electron chi connectivity index (χ3n) is 6.53. The van der Waals surface area contributed by atoms with Crippen molar-refractivity contribution in [1.82, 2.24) is 20.0 Å². The highest BCUT2D eigenvalue weighted by Gasteiger charge is 2.32. The van der Waals surface area contributed by atoms with Gasteiger partial charge in [0.15, 0.2) is 0 Å². The highest BCUT2D eigenvalue weighted by Crippen LogP contribution is 2.30. The SMILES string of the molecule is COc1cccc(-c2nn(-c3ccc(C)cc3)cc2C(=O)NC2CCN(C3CC3)CC2)c1. The second-order valence-corrected chi connectivity index (χ2v) is 8.92. The molecule has 0 atom stereocenters. The van der Waals surface area contributed by atoms with E-state index in [0.29, 0.717) is 11.3 Å². The van der Waals surface area contributed by atoms with Crippen molar-refractivity contribution in [2.24, 2.45) is 0 Å². The van der Waals surface area contributed by atoms with Gasteiger partial charge in [0.25, 0.3) is 5.91 Å². The van der Waals surface area contributed by atoms with Crippen molar-refractivity contribution in [3.05, 3.63) is 65.9 Å². The van der Waals surface area contributed by atoms with Crippen LogP contribution in [0.25, 0.3) is 16.9 Å². The Bertz CT molecular complexity index is 1090. The number of carbonyl (C=O) groups is 1. The van der Waals surface area contributed by atoms with Crippen molar-refractivity contribution in [2.75, 3.05) is 20.2 Å². The number of nitrogens with one attached hydrogen (secondary N) is 1. The number of hydrogen-bond donors (Lipinski definition) is 1. The fourth-order valence-electron chi connectivity index (χ4n) is 4.47. The molecule has 166 valence electrons. The molecular formula is C26H30N4O2. The first-order chi connectivity index (χ1) is 15.6. The lowest BCUT2D eigenvalue weighted by Crippen LogP contribution is -2.45. The summed E-state index contributed by atoms with van der Waals surface area (Å²) in [6.07, 6.45) is 6.51. The number of aromatic nitrogens is 2. The maximum Gasteiger partial charge on any atom is 0.255 e. The van der Waals surface area contributed by atoms with Crippen LogP contribution in [0.5, 0.6) is 5.75 Å². The van der Waals surface area contributed by atoms with E-state index in [-0.39, 0.29) is 11.9 Å². The van der Waals surface area contributed by atoms with Crippen molar-refractivity contribution < 1.29 is 9.53 Å². The molecule has 1 N–H and O–H groups in total. The number of hydrogen-bond acceptors (Lipinski definition) is 4. The average molecular weight is 431 g/mol. The molecule has 3 aromatic rings. The van der Waals surface area contributed by atoms with Crippen LogP contribution in [0, 0.1) is 6.92 Å². The summed E-state index contributed by atoms with van der Waals surface area (Å²) < 4.78 is 7.19. The fourth-order valence-corrected chi connectivity index (χ4v) is 4.47. The predicted molar refractivity (Wildman–Crippen MR) is 125 cm³/mol. The van der Waals surface area contributed by atoms with Crippen LogP contribution in [-0.4, -0.2) is 52.9 Å². The van der Waals surface area contributed by atoms with E-state index in [1.807, 2.05) is 42.6 Å². The van der Waals surface area contributed by atoms with Crippen LogP contribution < -0.4 is 10.1 Å². The number of carbonyl (C=O) groups excluding carboxylic acids is 1. The van der Waals surface area contributed by atoms with E-state index in [1.54, 1.807) is 11.8 Å². The predicted octanol–water partition coefficient (Wildman–Crippen LogP) is 4.21. The van der Waals surface area contributed by atoms with Gasteiger partial charge in [-0.2, -0.15) is 5.10 Å². The molecule has 5 rings (SSSR count). The van der Waals surface area contributed by atoms with Gasteiger partial charge in [0.2, 0.25) is 0 Å². The van der Waals surface area contributed by atoms with Crippen LogP contribution in [0.2, 0.25) is 0 Å². The summed E-state index contributed by atoms with van der Waals surface area (Å²) in [7, 11) is 1.64. The first kappa shape index (κ1) is 20.8. The fraction of sp³-hybridized carbons (Fsp3) is 0.385. The molecule has 32 heavy (non-hydrogen) atoms. The Labute approximate surface area is 189 Å². The molecule has 2 aromatic carbocycles. The third kappa shape index (κ3) is 4.41. The molecule has 1 saturated carbocycles. The van der Waals surface area contributed by atoms with E-state index in [4.69, 9.17) is 9.84 Å². The van der Waals surface area contributed by atoms with E-state index >= 15 is 0 Å². The smallest absolute Gasteiger partial charge is 0.255 e. The molecule has 2 aliphatic rings. The Hall–Kier alpha value is -3.12. The van der Waals surface area contributed by atoms with Crippen molar-refractivity contribution in [1.29, 1.82) is 0 Å². The van der Waals surface area contributed by atoms with E-state index in [2.05, 4.69) is 29.3 Å². The van der Waals surface area contributed by atoms with Crippen molar-refractivity contribution >= 4 is 5.91 Å². The van der Waals surface area contributed by atoms with Gasteiger partial charge in [-0.05, 0) is 56.9 Å². The van der Waals surface area contributed by atoms with Crippen LogP contribution in [0.1, 0.15) is 41.6 Å². The molecule has 6 heteroatoms. The summed E-state index contributed by atoms with van der Waals surface area (Å²) in [5.74, 6) is 0.678. The van der Waals surface area contributed by atoms with Crippen LogP contribution in [0.4, 0.5) is 0 Å². The first-order valence-corrected chi connectivity index (χ1v) is 11.5. The Morgan fingerprint density at radius 3 is 2.50 bits per heavy atom. The Morgan fingerprint density at radius 1 is 1.06 bits per heavy atom. The van der Waals surface area contributed by atoms with Crippen molar-refractivity contribution in [3.63, 3.8) is 0 Å². The van der Waals surface area contributed by atoms with Crippen molar-refractivity contribution in [2.45, 2.75) is 44.7 Å². The number of ether oxygens (including phenoxy) is 1. The lowest BCUT2D eigenvalue weighted by Gasteiger charge is -2.32. The second-order valence-electron chi connectivity index (χ2n) is 8.92. The first-order valence-electron chi connectivity index (χ1n) is 11.5. The number of methoxy groups -OCH3 is 1. The quantitative estimate of drug-likeness (QED) is 0.636. The van der Waals surface area contributed by atoms with Crippen LogP contribution in [0.3, 0.4) is 0 Å². The standard InChI is InChI=1S/C26H30N4O2/c1-18-6-8-22(9-7-18)30-17-24(25(28-30)19-4-3-5-23(16-19)32-2)26(31)27-20-12-14-29(15-13-20)21-10-11-21/h3-9,16-17,20-21H,10-15H2,1-2H3,(H,27,31). The molecule has 1 saturated heterocycles. The monoisotopic (exact) mass is 430 g/mol. The highest BCUT2D eigenvalue weighted by molar-refractivity contribution is 6.00. The molecule has 2 fully saturated rings. The molecule has 0 unspecified atom stereocenters. The maximum absolute atomic E-state index is 13.4. The Balaban J connectivity index is 1.42. The summed E-state index contributed by atoms with van der Waals surface area (Å²) >= 11 is 0. The minimum atomic E-state index is -0.0638. The highest BCUT2D eigenvalue weighted by atomic mass is 16.5. The van der Waals surface area contributed by atoms with Crippen molar-refractivity contribution in [3.8, 4) is 22.7 Å². The van der Waals surface area contributed by atoms with Crippen LogP contribution in [0.15, 0.2) is 54.7 Å². The third-order valence-corrected chi connectivity index (χ3v) is 6.53. The van der Waals surface area contributed by atoms with Crippen LogP contribution >= 0.6 is 0 Å². The van der Waals surface area contributed by atoms with Gasteiger partial charge in [-0.25, -0.2) is 4.68 Å². The van der Waals surface area contributed by atoms with E-state index in [0.717, 1.165) is 49.0 Å². The van der Waals surface area contributed by atoms with E-state index < -0.39 is 0 Å². The average Bonchev–Trinajstić information content (AvgIpc) is 3.58. The molecule has 0 radical (unpaired) electrons. The van der Waals surface area contributed by atoms with Gasteiger partial charge in [-0.15, -0.1) is 0 Å². The van der Waals surface area contributed by atoms with Gasteiger partial charge in [0.05, 0.1) is 18.4 Å². The number of amides is 1. The molecule has 1 aliphatic heterocycles. The zero-order chi connectivity index (χ0) is 22.1. The molecule has 1 aromatic heterocycles. The number of rotatable bonds is 6. The lowest BCUT2D eigenvalue weighted by molar-refractivity contribution is 0.0909. The van der Waals surface area contributed by atoms with Gasteiger partial charge in [0.1, 0.15) is 11.4 Å². The minimum absolute atomic E-state index is 0.0638. The zero-order valence-corrected chi connectivity index (χ0v) is 18.8. The van der Waals surface area contributed by atoms with Gasteiger partial charge in [-0.3, -0.25) is 4.79 Å². The summed E-state index contributed by atoms with van der Waals surface area (Å²) in [5.41, 5.74) is 4.23. The lowest BCUT2D eigenvalue weighted by atomic mass is 10.0. The maximum atomic E-state index is 13.4. The molecule has 0 spiro atoms. The largest absolute Gasteiger partial charge is 0.497 e. The molecule has 1 amide bonds. The van der Waals surface area contributed by atoms with Gasteiger partial charge < -0.3 is 15.0 Å². The van der Waals surface area contributed by atoms with Gasteiger partial charge in [-0.1, -0.05) is 29.8 Å². The normalized spacial score (nSPS) is 17.3. The summed E-state index contributed by atoms with van der Waals surface area (Å²) in [6, 6.07) is 16.9. The van der Waals surface area contributed by atoms with Gasteiger partial charge >= 0.3 is 0 Å². The topological polar surface area (TPSA) is 59.4 Å². The number of piperidine rings is 1. The van der Waals surface area contributed by atoms with E-state index in [9.17, 15) is 4.79 Å². The summed E-state index contributed by atoms with van der Waals surface area (Å²) in [5, 5.41) is 8.08. The van der Waals surface area contributed by atoms with Gasteiger partial charge in [0, 0.05) is 36.9 Å². The molecule has 1 aliphatic carbocycles. The molecule has 6 nitrogen and oxygen atoms in total. The molecule has 0 bridgehead atoms. The number of nitrogens with zero attached hydrogens (tertiary/aromatic N) is 3.